The van der Waals surface area contributed by atoms with Gasteiger partial charge in [0.1, 0.15) is 0 Å². The number of anilines is 1. The Hall–Kier alpha value is -2.82. The van der Waals surface area contributed by atoms with Crippen molar-refractivity contribution in [2.24, 2.45) is 0 Å². The van der Waals surface area contributed by atoms with Gasteiger partial charge in [-0.3, -0.25) is 14.5 Å². The molecule has 0 saturated carbocycles. The lowest BCUT2D eigenvalue weighted by Gasteiger charge is -2.26. The van der Waals surface area contributed by atoms with Crippen molar-refractivity contribution in [3.8, 4) is 0 Å². The van der Waals surface area contributed by atoms with Crippen LogP contribution in [-0.4, -0.2) is 61.1 Å². The normalized spacial score (nSPS) is 17.8. The van der Waals surface area contributed by atoms with Crippen LogP contribution in [0.15, 0.2) is 18.2 Å². The highest BCUT2D eigenvalue weighted by molar-refractivity contribution is 6.36. The molecule has 3 N–H and O–H groups in total. The van der Waals surface area contributed by atoms with E-state index in [9.17, 15) is 22.8 Å². The summed E-state index contributed by atoms with van der Waals surface area (Å²) in [4.78, 5) is 29.9. The molecule has 33 heavy (non-hydrogen) atoms. The third-order valence-electron chi connectivity index (χ3n) is 5.60. The number of amides is 2. The van der Waals surface area contributed by atoms with Crippen LogP contribution in [0.4, 0.5) is 18.9 Å². The molecule has 1 aromatic carbocycles. The number of benzene rings is 1. The number of carbonyl (C=O) groups excluding carboxylic acids is 2. The Morgan fingerprint density at radius 3 is 2.73 bits per heavy atom. The average molecular weight is 483 g/mol. The van der Waals surface area contributed by atoms with Crippen molar-refractivity contribution in [3.05, 3.63) is 51.3 Å². The molecule has 2 amide bonds. The van der Waals surface area contributed by atoms with Crippen LogP contribution in [0.3, 0.4) is 0 Å². The van der Waals surface area contributed by atoms with Gasteiger partial charge < -0.3 is 20.4 Å². The van der Waals surface area contributed by atoms with Crippen LogP contribution in [0.25, 0.3) is 11.6 Å². The van der Waals surface area contributed by atoms with Crippen molar-refractivity contribution >= 4 is 40.8 Å². The predicted octanol–water partition coefficient (Wildman–Crippen LogP) is 3.55. The van der Waals surface area contributed by atoms with E-state index < -0.39 is 29.1 Å². The maximum Gasteiger partial charge on any atom is 0.419 e. The molecule has 1 aromatic heterocycles. The second kappa shape index (κ2) is 9.20. The summed E-state index contributed by atoms with van der Waals surface area (Å²) in [5, 5.41) is 5.52. The van der Waals surface area contributed by atoms with Crippen LogP contribution in [0.2, 0.25) is 5.02 Å². The molecule has 2 aliphatic rings. The number of aryl methyl sites for hydroxylation is 1. The number of nitrogens with zero attached hydrogens (tertiary/aromatic N) is 1. The fraction of sp³-hybridized carbons (Fsp3) is 0.364. The summed E-state index contributed by atoms with van der Waals surface area (Å²) in [6.07, 6.45) is -3.71. The molecule has 3 heterocycles. The Morgan fingerprint density at radius 2 is 2.03 bits per heavy atom. The number of aromatic amines is 1. The summed E-state index contributed by atoms with van der Waals surface area (Å²) in [5.74, 6) is -1.38. The van der Waals surface area contributed by atoms with E-state index in [0.717, 1.165) is 6.08 Å². The van der Waals surface area contributed by atoms with Crippen LogP contribution < -0.4 is 10.6 Å². The zero-order valence-corrected chi connectivity index (χ0v) is 18.5. The molecule has 2 aliphatic heterocycles. The molecule has 2 aromatic rings. The molecule has 0 spiro atoms. The molecule has 7 nitrogen and oxygen atoms in total. The first-order chi connectivity index (χ1) is 15.6. The second-order valence-corrected chi connectivity index (χ2v) is 8.26. The Morgan fingerprint density at radius 1 is 1.30 bits per heavy atom. The fourth-order valence-corrected chi connectivity index (χ4v) is 4.20. The minimum absolute atomic E-state index is 0.0264. The summed E-state index contributed by atoms with van der Waals surface area (Å²) < 4.78 is 47.4. The fourth-order valence-electron chi connectivity index (χ4n) is 4.02. The number of carbonyl (C=O) groups is 2. The molecular formula is C22H22ClF3N4O3. The minimum Gasteiger partial charge on any atom is -0.379 e. The number of ether oxygens (including phenoxy) is 1. The summed E-state index contributed by atoms with van der Waals surface area (Å²) in [6.45, 7) is 4.69. The van der Waals surface area contributed by atoms with Gasteiger partial charge in [-0.2, -0.15) is 13.2 Å². The molecule has 0 atom stereocenters. The van der Waals surface area contributed by atoms with Gasteiger partial charge in [-0.25, -0.2) is 0 Å². The van der Waals surface area contributed by atoms with E-state index in [0.29, 0.717) is 49.1 Å². The van der Waals surface area contributed by atoms with Crippen molar-refractivity contribution in [2.45, 2.75) is 13.1 Å². The summed E-state index contributed by atoms with van der Waals surface area (Å²) >= 11 is 6.00. The molecule has 0 unspecified atom stereocenters. The maximum atomic E-state index is 14.1. The predicted molar refractivity (Wildman–Crippen MR) is 118 cm³/mol. The molecule has 11 heteroatoms. The highest BCUT2D eigenvalue weighted by atomic mass is 35.5. The Balaban J connectivity index is 1.64. The first-order valence-corrected chi connectivity index (χ1v) is 10.7. The van der Waals surface area contributed by atoms with Gasteiger partial charge in [0.15, 0.2) is 0 Å². The van der Waals surface area contributed by atoms with Gasteiger partial charge in [0, 0.05) is 48.1 Å². The van der Waals surface area contributed by atoms with Crippen molar-refractivity contribution in [1.29, 1.82) is 0 Å². The third-order valence-corrected chi connectivity index (χ3v) is 5.83. The highest BCUT2D eigenvalue weighted by Crippen LogP contribution is 2.40. The van der Waals surface area contributed by atoms with E-state index in [-0.39, 0.29) is 23.5 Å². The van der Waals surface area contributed by atoms with E-state index >= 15 is 0 Å². The Kier molecular flexibility index (Phi) is 6.51. The van der Waals surface area contributed by atoms with E-state index in [1.807, 2.05) is 0 Å². The summed E-state index contributed by atoms with van der Waals surface area (Å²) in [6, 6.07) is 4.65. The number of fused-ring (bicyclic) bond motifs is 1. The smallest absolute Gasteiger partial charge is 0.379 e. The van der Waals surface area contributed by atoms with Gasteiger partial charge >= 0.3 is 6.18 Å². The number of aromatic nitrogens is 1. The topological polar surface area (TPSA) is 86.5 Å². The van der Waals surface area contributed by atoms with Crippen LogP contribution in [0, 0.1) is 6.92 Å². The first kappa shape index (κ1) is 23.3. The third kappa shape index (κ3) is 4.92. The van der Waals surface area contributed by atoms with Crippen molar-refractivity contribution < 1.29 is 27.5 Å². The minimum atomic E-state index is -4.82. The Bertz CT molecular complexity index is 1120. The van der Waals surface area contributed by atoms with Crippen LogP contribution in [0.5, 0.6) is 0 Å². The summed E-state index contributed by atoms with van der Waals surface area (Å²) in [5.41, 5.74) is -1.03. The van der Waals surface area contributed by atoms with E-state index in [1.165, 1.54) is 13.0 Å². The van der Waals surface area contributed by atoms with Crippen LogP contribution >= 0.6 is 11.6 Å². The van der Waals surface area contributed by atoms with Gasteiger partial charge in [-0.15, -0.1) is 0 Å². The van der Waals surface area contributed by atoms with Crippen molar-refractivity contribution in [2.75, 3.05) is 44.7 Å². The number of morpholine rings is 1. The number of rotatable bonds is 5. The molecular weight excluding hydrogens is 461 g/mol. The quantitative estimate of drug-likeness (QED) is 0.569. The Labute approximate surface area is 192 Å². The number of nitrogens with one attached hydrogen (secondary N) is 3. The van der Waals surface area contributed by atoms with Gasteiger partial charge in [0.05, 0.1) is 35.6 Å². The molecule has 0 bridgehead atoms. The molecule has 0 radical (unpaired) electrons. The SMILES string of the molecule is Cc1[nH]c(/C=C2\C(=O)Nc3ccc(Cl)cc32)c(C(F)(F)F)c1C(=O)NCCN1CCOCC1. The summed E-state index contributed by atoms with van der Waals surface area (Å²) in [7, 11) is 0. The first-order valence-electron chi connectivity index (χ1n) is 10.4. The van der Waals surface area contributed by atoms with Gasteiger partial charge in [-0.1, -0.05) is 11.6 Å². The highest BCUT2D eigenvalue weighted by Gasteiger charge is 2.41. The van der Waals surface area contributed by atoms with Crippen molar-refractivity contribution in [1.82, 2.24) is 15.2 Å². The van der Waals surface area contributed by atoms with E-state index in [1.54, 1.807) is 12.1 Å². The molecule has 0 aliphatic carbocycles. The zero-order valence-electron chi connectivity index (χ0n) is 17.7. The maximum absolute atomic E-state index is 14.1. The van der Waals surface area contributed by atoms with Crippen molar-refractivity contribution in [3.63, 3.8) is 0 Å². The lowest BCUT2D eigenvalue weighted by molar-refractivity contribution is -0.138. The molecule has 1 fully saturated rings. The van der Waals surface area contributed by atoms with E-state index in [4.69, 9.17) is 16.3 Å². The number of H-pyrrole nitrogens is 1. The number of hydrogen-bond donors (Lipinski definition) is 3. The number of halogens is 4. The average Bonchev–Trinajstić information content (AvgIpc) is 3.25. The standard InChI is InChI=1S/C22H22ClF3N4O3/c1-12-18(21(32)27-4-5-30-6-8-33-9-7-30)19(22(24,25)26)17(28-12)11-15-14-10-13(23)2-3-16(14)29-20(15)31/h2-3,10-11,28H,4-9H2,1H3,(H,27,32)(H,29,31)/b15-11-. The number of hydrogen-bond acceptors (Lipinski definition) is 4. The van der Waals surface area contributed by atoms with Gasteiger partial charge in [0.25, 0.3) is 11.8 Å². The van der Waals surface area contributed by atoms with Gasteiger partial charge in [-0.05, 0) is 31.2 Å². The molecule has 1 saturated heterocycles. The van der Waals surface area contributed by atoms with Crippen LogP contribution in [0.1, 0.15) is 32.9 Å². The largest absolute Gasteiger partial charge is 0.419 e. The van der Waals surface area contributed by atoms with E-state index in [2.05, 4.69) is 20.5 Å². The lowest BCUT2D eigenvalue weighted by atomic mass is 10.0. The molecule has 4 rings (SSSR count). The van der Waals surface area contributed by atoms with Crippen LogP contribution in [-0.2, 0) is 15.7 Å². The van der Waals surface area contributed by atoms with Gasteiger partial charge in [0.2, 0.25) is 0 Å². The zero-order chi connectivity index (χ0) is 23.8. The number of alkyl halides is 3. The monoisotopic (exact) mass is 482 g/mol. The molecule has 176 valence electrons. The second-order valence-electron chi connectivity index (χ2n) is 7.82. The lowest BCUT2D eigenvalue weighted by Crippen LogP contribution is -2.41.